The zero-order chi connectivity index (χ0) is 36.3. The highest BCUT2D eigenvalue weighted by Crippen LogP contribution is 2.45. The largest absolute Gasteiger partial charge is 0.456 e. The Labute approximate surface area is 317 Å². The second-order valence-electron chi connectivity index (χ2n) is 13.9. The number of oxazole rings is 1. The fourth-order valence-electron chi connectivity index (χ4n) is 8.13. The molecule has 0 fully saturated rings. The molecule has 2 aromatic heterocycles. The summed E-state index contributed by atoms with van der Waals surface area (Å²) in [5.74, 6) is 0.577. The molecule has 0 saturated carbocycles. The first-order valence-electron chi connectivity index (χ1n) is 18.5. The van der Waals surface area contributed by atoms with Crippen molar-refractivity contribution in [2.24, 2.45) is 0 Å². The standard InChI is InChI=1S/C51H32N2O2/c1-2-12-33(13-3-1)34-24-27-37(28-25-34)53(45-22-9-8-19-42(45)41-20-10-16-35-14-4-6-17-39(35)41)38-29-30-43-48(32-38)54-46-23-11-21-44(49(43)46)51-52-50-40-18-7-5-15-36(40)26-31-47(50)55-51/h1-32H. The molecule has 0 N–H and O–H groups in total. The average molecular weight is 705 g/mol. The van der Waals surface area contributed by atoms with E-state index in [-0.39, 0.29) is 0 Å². The first-order valence-corrected chi connectivity index (χ1v) is 18.5. The van der Waals surface area contributed by atoms with Crippen molar-refractivity contribution in [3.63, 3.8) is 0 Å². The number of rotatable bonds is 6. The molecule has 0 atom stereocenters. The van der Waals surface area contributed by atoms with Gasteiger partial charge in [0.05, 0.1) is 5.69 Å². The van der Waals surface area contributed by atoms with Gasteiger partial charge in [-0.1, -0.05) is 140 Å². The van der Waals surface area contributed by atoms with E-state index in [2.05, 4.69) is 169 Å². The van der Waals surface area contributed by atoms with Crippen LogP contribution < -0.4 is 4.90 Å². The Bertz CT molecular complexity index is 3210. The number of para-hydroxylation sites is 1. The fourth-order valence-corrected chi connectivity index (χ4v) is 8.13. The molecule has 0 unspecified atom stereocenters. The summed E-state index contributed by atoms with van der Waals surface area (Å²) < 4.78 is 13.1. The van der Waals surface area contributed by atoms with Gasteiger partial charge in [0.15, 0.2) is 5.58 Å². The Kier molecular flexibility index (Phi) is 7.14. The van der Waals surface area contributed by atoms with Gasteiger partial charge in [-0.2, -0.15) is 0 Å². The van der Waals surface area contributed by atoms with Crippen molar-refractivity contribution >= 4 is 71.6 Å². The molecular formula is C51H32N2O2. The summed E-state index contributed by atoms with van der Waals surface area (Å²) in [6.45, 7) is 0. The van der Waals surface area contributed by atoms with Crippen molar-refractivity contribution in [2.45, 2.75) is 0 Å². The normalized spacial score (nSPS) is 11.6. The van der Waals surface area contributed by atoms with Gasteiger partial charge < -0.3 is 13.7 Å². The highest BCUT2D eigenvalue weighted by atomic mass is 16.3. The van der Waals surface area contributed by atoms with Crippen molar-refractivity contribution in [3.8, 4) is 33.7 Å². The van der Waals surface area contributed by atoms with Gasteiger partial charge in [-0.05, 0) is 81.4 Å². The second-order valence-corrected chi connectivity index (χ2v) is 13.9. The van der Waals surface area contributed by atoms with Crippen LogP contribution in [0.4, 0.5) is 17.1 Å². The SMILES string of the molecule is c1ccc(-c2ccc(N(c3ccc4c(c3)oc3cccc(-c5nc6c(ccc7ccccc76)o5)c34)c3ccccc3-c3cccc4ccccc34)cc2)cc1. The van der Waals surface area contributed by atoms with Crippen LogP contribution in [0.5, 0.6) is 0 Å². The van der Waals surface area contributed by atoms with Gasteiger partial charge in [0.25, 0.3) is 0 Å². The molecule has 4 heteroatoms. The quantitative estimate of drug-likeness (QED) is 0.173. The molecular weight excluding hydrogens is 673 g/mol. The highest BCUT2D eigenvalue weighted by molar-refractivity contribution is 6.13. The molecule has 0 bridgehead atoms. The van der Waals surface area contributed by atoms with E-state index in [9.17, 15) is 0 Å². The van der Waals surface area contributed by atoms with Gasteiger partial charge in [0, 0.05) is 44.7 Å². The van der Waals surface area contributed by atoms with Crippen LogP contribution in [0.1, 0.15) is 0 Å². The number of hydrogen-bond donors (Lipinski definition) is 0. The molecule has 2 heterocycles. The summed E-state index contributed by atoms with van der Waals surface area (Å²) in [4.78, 5) is 7.38. The minimum atomic E-state index is 0.577. The maximum absolute atomic E-state index is 6.67. The van der Waals surface area contributed by atoms with Crippen LogP contribution in [-0.2, 0) is 0 Å². The number of aromatic nitrogens is 1. The topological polar surface area (TPSA) is 42.4 Å². The summed E-state index contributed by atoms with van der Waals surface area (Å²) in [5.41, 5.74) is 11.9. The second kappa shape index (κ2) is 12.6. The minimum absolute atomic E-state index is 0.577. The monoisotopic (exact) mass is 704 g/mol. The van der Waals surface area contributed by atoms with Gasteiger partial charge in [-0.3, -0.25) is 0 Å². The van der Waals surface area contributed by atoms with Crippen molar-refractivity contribution in [2.75, 3.05) is 4.90 Å². The summed E-state index contributed by atoms with van der Waals surface area (Å²) in [6.07, 6.45) is 0. The van der Waals surface area contributed by atoms with Crippen LogP contribution in [-0.4, -0.2) is 4.98 Å². The number of benzene rings is 9. The van der Waals surface area contributed by atoms with E-state index in [0.717, 1.165) is 72.0 Å². The molecule has 0 spiro atoms. The van der Waals surface area contributed by atoms with E-state index in [1.54, 1.807) is 0 Å². The lowest BCUT2D eigenvalue weighted by atomic mass is 9.96. The third kappa shape index (κ3) is 5.19. The van der Waals surface area contributed by atoms with Crippen LogP contribution >= 0.6 is 0 Å². The third-order valence-corrected chi connectivity index (χ3v) is 10.7. The Balaban J connectivity index is 1.09. The smallest absolute Gasteiger partial charge is 0.228 e. The van der Waals surface area contributed by atoms with E-state index < -0.39 is 0 Å². The molecule has 258 valence electrons. The zero-order valence-corrected chi connectivity index (χ0v) is 29.7. The molecule has 11 aromatic rings. The van der Waals surface area contributed by atoms with E-state index in [4.69, 9.17) is 13.8 Å². The number of furan rings is 1. The van der Waals surface area contributed by atoms with Gasteiger partial charge in [-0.15, -0.1) is 0 Å². The van der Waals surface area contributed by atoms with Gasteiger partial charge in [0.1, 0.15) is 16.7 Å². The highest BCUT2D eigenvalue weighted by Gasteiger charge is 2.22. The number of hydrogen-bond acceptors (Lipinski definition) is 4. The molecule has 0 aliphatic heterocycles. The zero-order valence-electron chi connectivity index (χ0n) is 29.7. The van der Waals surface area contributed by atoms with Gasteiger partial charge in [0.2, 0.25) is 5.89 Å². The van der Waals surface area contributed by atoms with Crippen molar-refractivity contribution in [1.29, 1.82) is 0 Å². The first kappa shape index (κ1) is 31.1. The molecule has 4 nitrogen and oxygen atoms in total. The maximum Gasteiger partial charge on any atom is 0.228 e. The summed E-state index contributed by atoms with van der Waals surface area (Å²) in [6, 6.07) is 68.1. The first-order chi connectivity index (χ1) is 27.3. The van der Waals surface area contributed by atoms with E-state index >= 15 is 0 Å². The van der Waals surface area contributed by atoms with E-state index in [1.165, 1.54) is 27.5 Å². The number of fused-ring (bicyclic) bond motifs is 7. The fraction of sp³-hybridized carbons (Fsp3) is 0. The van der Waals surface area contributed by atoms with E-state index in [0.29, 0.717) is 5.89 Å². The molecule has 55 heavy (non-hydrogen) atoms. The Morgan fingerprint density at radius 3 is 1.91 bits per heavy atom. The predicted octanol–water partition coefficient (Wildman–Crippen LogP) is 14.5. The summed E-state index contributed by atoms with van der Waals surface area (Å²) in [5, 5.41) is 6.61. The molecule has 11 rings (SSSR count). The maximum atomic E-state index is 6.67. The Morgan fingerprint density at radius 1 is 0.382 bits per heavy atom. The predicted molar refractivity (Wildman–Crippen MR) is 227 cm³/mol. The van der Waals surface area contributed by atoms with Crippen molar-refractivity contribution < 1.29 is 8.83 Å². The Morgan fingerprint density at radius 2 is 1.04 bits per heavy atom. The minimum Gasteiger partial charge on any atom is -0.456 e. The Hall–Kier alpha value is -7.43. The molecule has 0 aliphatic carbocycles. The molecule has 0 radical (unpaired) electrons. The summed E-state index contributed by atoms with van der Waals surface area (Å²) in [7, 11) is 0. The van der Waals surface area contributed by atoms with Crippen LogP contribution in [0.3, 0.4) is 0 Å². The lowest BCUT2D eigenvalue weighted by molar-refractivity contribution is 0.620. The average Bonchev–Trinajstić information content (AvgIpc) is 3.87. The summed E-state index contributed by atoms with van der Waals surface area (Å²) >= 11 is 0. The number of nitrogens with zero attached hydrogens (tertiary/aromatic N) is 2. The van der Waals surface area contributed by atoms with Crippen molar-refractivity contribution in [3.05, 3.63) is 194 Å². The van der Waals surface area contributed by atoms with Crippen LogP contribution in [0.2, 0.25) is 0 Å². The van der Waals surface area contributed by atoms with Crippen LogP contribution in [0.15, 0.2) is 203 Å². The van der Waals surface area contributed by atoms with Gasteiger partial charge >= 0.3 is 0 Å². The molecule has 0 saturated heterocycles. The molecule has 0 amide bonds. The number of anilines is 3. The molecule has 9 aromatic carbocycles. The lowest BCUT2D eigenvalue weighted by Gasteiger charge is -2.28. The lowest BCUT2D eigenvalue weighted by Crippen LogP contribution is -2.11. The van der Waals surface area contributed by atoms with Gasteiger partial charge in [-0.25, -0.2) is 4.98 Å². The van der Waals surface area contributed by atoms with Crippen LogP contribution in [0, 0.1) is 0 Å². The molecule has 0 aliphatic rings. The van der Waals surface area contributed by atoms with Crippen molar-refractivity contribution in [1.82, 2.24) is 4.98 Å². The van der Waals surface area contributed by atoms with E-state index in [1.807, 2.05) is 30.3 Å². The van der Waals surface area contributed by atoms with Crippen LogP contribution in [0.25, 0.3) is 88.3 Å². The third-order valence-electron chi connectivity index (χ3n) is 10.7.